The first-order valence-corrected chi connectivity index (χ1v) is 20.4. The number of rotatable bonds is 32. The van der Waals surface area contributed by atoms with Gasteiger partial charge in [-0.05, 0) is 130 Å². The van der Waals surface area contributed by atoms with Gasteiger partial charge in [-0.2, -0.15) is 0 Å². The number of nitrogens with zero attached hydrogens (tertiary/aromatic N) is 6. The molecule has 0 bridgehead atoms. The van der Waals surface area contributed by atoms with Crippen molar-refractivity contribution in [2.24, 2.45) is 5.41 Å². The van der Waals surface area contributed by atoms with Crippen molar-refractivity contribution in [1.82, 2.24) is 29.4 Å². The van der Waals surface area contributed by atoms with Crippen LogP contribution in [0.25, 0.3) is 0 Å². The van der Waals surface area contributed by atoms with Crippen LogP contribution in [0.2, 0.25) is 0 Å². The highest BCUT2D eigenvalue weighted by molar-refractivity contribution is 5.91. The van der Waals surface area contributed by atoms with Crippen LogP contribution in [0.3, 0.4) is 0 Å². The molecule has 0 aromatic rings. The standard InChI is InChI=1S/C40H84N6O2/c1-13-41(14-2)30-25-37(26-31-42(15-3)16-4)38(39(47)48-36-35-46(23-11)24-12)40(27-32-43(17-5)18-6,28-33-44(19-7)20-8)29-34-45(21-9)22-10/h13-36H2,1-12H3. The van der Waals surface area contributed by atoms with Crippen LogP contribution in [-0.2, 0) is 9.53 Å². The molecular weight excluding hydrogens is 596 g/mol. The van der Waals surface area contributed by atoms with E-state index in [0.29, 0.717) is 6.61 Å². The summed E-state index contributed by atoms with van der Waals surface area (Å²) in [5.41, 5.74) is 2.12. The molecule has 8 heteroatoms. The molecule has 0 fully saturated rings. The van der Waals surface area contributed by atoms with Crippen LogP contribution < -0.4 is 0 Å². The summed E-state index contributed by atoms with van der Waals surface area (Å²) in [6.45, 7) is 45.5. The Morgan fingerprint density at radius 3 is 0.979 bits per heavy atom. The molecule has 8 nitrogen and oxygen atoms in total. The minimum absolute atomic E-state index is 0.0464. The molecule has 0 saturated heterocycles. The summed E-state index contributed by atoms with van der Waals surface area (Å²) in [4.78, 5) is 30.0. The normalized spacial score (nSPS) is 12.5. The number of hydrogen-bond acceptors (Lipinski definition) is 8. The van der Waals surface area contributed by atoms with Crippen LogP contribution in [0.15, 0.2) is 11.1 Å². The van der Waals surface area contributed by atoms with Crippen molar-refractivity contribution in [3.63, 3.8) is 0 Å². The quantitative estimate of drug-likeness (QED) is 0.0568. The monoisotopic (exact) mass is 681 g/mol. The van der Waals surface area contributed by atoms with E-state index in [2.05, 4.69) is 112 Å². The highest BCUT2D eigenvalue weighted by atomic mass is 16.5. The lowest BCUT2D eigenvalue weighted by Gasteiger charge is -2.41. The molecule has 0 saturated carbocycles. The molecule has 0 amide bonds. The largest absolute Gasteiger partial charge is 0.461 e. The molecule has 0 aliphatic heterocycles. The molecule has 0 unspecified atom stereocenters. The minimum Gasteiger partial charge on any atom is -0.461 e. The highest BCUT2D eigenvalue weighted by Crippen LogP contribution is 2.44. The van der Waals surface area contributed by atoms with Crippen molar-refractivity contribution in [3.05, 3.63) is 11.1 Å². The third kappa shape index (κ3) is 17.3. The second-order valence-electron chi connectivity index (χ2n) is 13.3. The van der Waals surface area contributed by atoms with Crippen molar-refractivity contribution >= 4 is 5.97 Å². The molecule has 0 heterocycles. The first-order valence-electron chi connectivity index (χ1n) is 20.4. The van der Waals surface area contributed by atoms with Gasteiger partial charge in [-0.1, -0.05) is 88.7 Å². The summed E-state index contributed by atoms with van der Waals surface area (Å²) in [7, 11) is 0. The lowest BCUT2D eigenvalue weighted by atomic mass is 9.68. The topological polar surface area (TPSA) is 45.7 Å². The Bertz CT molecular complexity index is 739. The van der Waals surface area contributed by atoms with Gasteiger partial charge in [0, 0.05) is 30.6 Å². The minimum atomic E-state index is -0.262. The van der Waals surface area contributed by atoms with Gasteiger partial charge >= 0.3 is 5.97 Å². The Morgan fingerprint density at radius 1 is 0.417 bits per heavy atom. The third-order valence-corrected chi connectivity index (χ3v) is 11.3. The average molecular weight is 681 g/mol. The maximum absolute atomic E-state index is 14.9. The SMILES string of the molecule is CCN(CC)CCOC(=O)C(=C(CCN(CC)CC)CCN(CC)CC)C(CCN(CC)CC)(CCN(CC)CC)CCN(CC)CC. The summed E-state index contributed by atoms with van der Waals surface area (Å²) in [5.74, 6) is -0.0464. The van der Waals surface area contributed by atoms with E-state index in [4.69, 9.17) is 4.74 Å². The van der Waals surface area contributed by atoms with Crippen LogP contribution in [0.5, 0.6) is 0 Å². The van der Waals surface area contributed by atoms with E-state index in [9.17, 15) is 4.79 Å². The van der Waals surface area contributed by atoms with Crippen molar-refractivity contribution in [2.75, 3.05) is 124 Å². The first-order chi connectivity index (χ1) is 23.2. The fourth-order valence-electron chi connectivity index (χ4n) is 7.14. The van der Waals surface area contributed by atoms with Gasteiger partial charge in [-0.3, -0.25) is 0 Å². The zero-order chi connectivity index (χ0) is 36.4. The summed E-state index contributed by atoms with van der Waals surface area (Å²) in [6, 6.07) is 0. The van der Waals surface area contributed by atoms with Gasteiger partial charge in [0.05, 0.1) is 0 Å². The van der Waals surface area contributed by atoms with Crippen molar-refractivity contribution in [2.45, 2.75) is 115 Å². The van der Waals surface area contributed by atoms with Crippen LogP contribution in [0.4, 0.5) is 0 Å². The summed E-state index contributed by atoms with van der Waals surface area (Å²) < 4.78 is 6.42. The van der Waals surface area contributed by atoms with Crippen LogP contribution in [0.1, 0.15) is 115 Å². The van der Waals surface area contributed by atoms with Gasteiger partial charge in [-0.15, -0.1) is 0 Å². The predicted molar refractivity (Wildman–Crippen MR) is 210 cm³/mol. The van der Waals surface area contributed by atoms with Gasteiger partial charge in [0.1, 0.15) is 6.61 Å². The number of likely N-dealkylation sites (N-methyl/N-ethyl adjacent to an activating group) is 1. The second kappa shape index (κ2) is 28.6. The number of hydrogen-bond donors (Lipinski definition) is 0. The molecule has 48 heavy (non-hydrogen) atoms. The zero-order valence-electron chi connectivity index (χ0n) is 34.5. The molecular formula is C40H84N6O2. The number of carbonyl (C=O) groups excluding carboxylic acids is 1. The zero-order valence-corrected chi connectivity index (χ0v) is 34.5. The Morgan fingerprint density at radius 2 is 0.688 bits per heavy atom. The lowest BCUT2D eigenvalue weighted by Crippen LogP contribution is -2.42. The molecule has 0 spiro atoms. The summed E-state index contributed by atoms with van der Waals surface area (Å²) >= 11 is 0. The maximum Gasteiger partial charge on any atom is 0.334 e. The fraction of sp³-hybridized carbons (Fsp3) is 0.925. The van der Waals surface area contributed by atoms with Gasteiger partial charge in [0.2, 0.25) is 0 Å². The lowest BCUT2D eigenvalue weighted by molar-refractivity contribution is -0.141. The molecule has 0 aromatic heterocycles. The smallest absolute Gasteiger partial charge is 0.334 e. The van der Waals surface area contributed by atoms with E-state index in [1.54, 1.807) is 0 Å². The Kier molecular flexibility index (Phi) is 28.0. The second-order valence-corrected chi connectivity index (χ2v) is 13.3. The van der Waals surface area contributed by atoms with Crippen LogP contribution in [0, 0.1) is 5.41 Å². The van der Waals surface area contributed by atoms with Gasteiger partial charge in [-0.25, -0.2) is 4.79 Å². The molecule has 0 aliphatic carbocycles. The highest BCUT2D eigenvalue weighted by Gasteiger charge is 2.41. The van der Waals surface area contributed by atoms with Crippen molar-refractivity contribution < 1.29 is 9.53 Å². The van der Waals surface area contributed by atoms with Crippen molar-refractivity contribution in [1.29, 1.82) is 0 Å². The third-order valence-electron chi connectivity index (χ3n) is 11.3. The first kappa shape index (κ1) is 47.0. The molecule has 0 N–H and O–H groups in total. The average Bonchev–Trinajstić information content (AvgIpc) is 3.11. The fourth-order valence-corrected chi connectivity index (χ4v) is 7.14. The summed E-state index contributed by atoms with van der Waals surface area (Å²) in [6.07, 6.45) is 4.80. The number of ether oxygens (including phenoxy) is 1. The van der Waals surface area contributed by atoms with Crippen LogP contribution in [-0.4, -0.2) is 160 Å². The Balaban J connectivity index is 7.61. The maximum atomic E-state index is 14.9. The van der Waals surface area contributed by atoms with E-state index >= 15 is 0 Å². The number of carbonyl (C=O) groups is 1. The Hall–Kier alpha value is -1.03. The van der Waals surface area contributed by atoms with Gasteiger partial charge in [0.25, 0.3) is 0 Å². The molecule has 0 aliphatic rings. The molecule has 0 radical (unpaired) electrons. The Labute approximate surface area is 300 Å². The van der Waals surface area contributed by atoms with Crippen LogP contribution >= 0.6 is 0 Å². The predicted octanol–water partition coefficient (Wildman–Crippen LogP) is 6.81. The summed E-state index contributed by atoms with van der Waals surface area (Å²) in [5, 5.41) is 0. The van der Waals surface area contributed by atoms with E-state index < -0.39 is 0 Å². The molecule has 0 atom stereocenters. The molecule has 286 valence electrons. The molecule has 0 aromatic carbocycles. The van der Waals surface area contributed by atoms with Gasteiger partial charge < -0.3 is 34.1 Å². The van der Waals surface area contributed by atoms with E-state index in [-0.39, 0.29) is 11.4 Å². The van der Waals surface area contributed by atoms with Gasteiger partial charge in [0.15, 0.2) is 0 Å². The van der Waals surface area contributed by atoms with Crippen molar-refractivity contribution in [3.8, 4) is 0 Å². The van der Waals surface area contributed by atoms with E-state index in [1.165, 1.54) is 5.57 Å². The van der Waals surface area contributed by atoms with E-state index in [1.807, 2.05) is 0 Å². The van der Waals surface area contributed by atoms with E-state index in [0.717, 1.165) is 155 Å². The molecule has 0 rings (SSSR count). The number of esters is 1.